The molecule has 4 N–H and O–H groups in total. The zero-order valence-corrected chi connectivity index (χ0v) is 10.5. The lowest BCUT2D eigenvalue weighted by Crippen LogP contribution is -2.04. The quantitative estimate of drug-likeness (QED) is 0.638. The fourth-order valence-electron chi connectivity index (χ4n) is 2.33. The van der Waals surface area contributed by atoms with E-state index < -0.39 is 11.7 Å². The van der Waals surface area contributed by atoms with Gasteiger partial charge in [-0.05, 0) is 19.1 Å². The third-order valence-electron chi connectivity index (χ3n) is 3.23. The lowest BCUT2D eigenvalue weighted by atomic mass is 10.1. The zero-order chi connectivity index (χ0) is 14.5. The monoisotopic (exact) mass is 280 g/mol. The van der Waals surface area contributed by atoms with Crippen molar-refractivity contribution >= 4 is 16.6 Å². The van der Waals surface area contributed by atoms with Gasteiger partial charge in [-0.15, -0.1) is 0 Å². The average Bonchev–Trinajstić information content (AvgIpc) is 2.89. The molecule has 0 aliphatic heterocycles. The first-order chi connectivity index (χ1) is 9.38. The molecule has 0 saturated heterocycles. The van der Waals surface area contributed by atoms with Gasteiger partial charge in [0, 0.05) is 22.2 Å². The largest absolute Gasteiger partial charge is 0.416 e. The number of nitrogen functional groups attached to an aromatic ring is 1. The summed E-state index contributed by atoms with van der Waals surface area (Å²) in [6.45, 7) is 1.78. The standard InChI is InChI=1S/C13H11F3N4/c1-6-11(12-9(17)5-18-20-12)8-3-2-7(13(14,15)16)4-10(8)19-6/h2-5,19H,17H2,1H3,(H,18,20). The van der Waals surface area contributed by atoms with Crippen LogP contribution in [0, 0.1) is 6.92 Å². The maximum absolute atomic E-state index is 12.7. The maximum atomic E-state index is 12.7. The highest BCUT2D eigenvalue weighted by Gasteiger charge is 2.31. The Morgan fingerprint density at radius 1 is 1.25 bits per heavy atom. The molecule has 2 heterocycles. The van der Waals surface area contributed by atoms with Crippen LogP contribution >= 0.6 is 0 Å². The van der Waals surface area contributed by atoms with E-state index in [-0.39, 0.29) is 0 Å². The summed E-state index contributed by atoms with van der Waals surface area (Å²) in [5.41, 5.74) is 8.07. The zero-order valence-electron chi connectivity index (χ0n) is 10.5. The van der Waals surface area contributed by atoms with E-state index in [1.54, 1.807) is 6.92 Å². The van der Waals surface area contributed by atoms with Gasteiger partial charge in [-0.1, -0.05) is 6.07 Å². The van der Waals surface area contributed by atoms with Crippen LogP contribution in [0.5, 0.6) is 0 Å². The second-order valence-corrected chi connectivity index (χ2v) is 4.58. The molecule has 0 bridgehead atoms. The fourth-order valence-corrected chi connectivity index (χ4v) is 2.33. The fraction of sp³-hybridized carbons (Fsp3) is 0.154. The van der Waals surface area contributed by atoms with Gasteiger partial charge >= 0.3 is 6.18 Å². The van der Waals surface area contributed by atoms with E-state index in [1.165, 1.54) is 12.3 Å². The molecule has 20 heavy (non-hydrogen) atoms. The van der Waals surface area contributed by atoms with Crippen LogP contribution in [0.3, 0.4) is 0 Å². The molecule has 4 nitrogen and oxygen atoms in total. The van der Waals surface area contributed by atoms with Crippen molar-refractivity contribution < 1.29 is 13.2 Å². The molecule has 0 radical (unpaired) electrons. The number of aryl methyl sites for hydroxylation is 1. The lowest BCUT2D eigenvalue weighted by molar-refractivity contribution is -0.137. The van der Waals surface area contributed by atoms with E-state index >= 15 is 0 Å². The summed E-state index contributed by atoms with van der Waals surface area (Å²) in [5, 5.41) is 7.28. The molecule has 104 valence electrons. The molecule has 0 fully saturated rings. The third-order valence-corrected chi connectivity index (χ3v) is 3.23. The number of benzene rings is 1. The first-order valence-corrected chi connectivity index (χ1v) is 5.86. The van der Waals surface area contributed by atoms with Gasteiger partial charge in [-0.3, -0.25) is 5.10 Å². The van der Waals surface area contributed by atoms with Crippen LogP contribution in [0.4, 0.5) is 18.9 Å². The van der Waals surface area contributed by atoms with Gasteiger partial charge in [0.25, 0.3) is 0 Å². The summed E-state index contributed by atoms with van der Waals surface area (Å²) in [4.78, 5) is 2.95. The van der Waals surface area contributed by atoms with E-state index in [0.29, 0.717) is 22.3 Å². The number of rotatable bonds is 1. The molecule has 0 spiro atoms. The summed E-state index contributed by atoms with van der Waals surface area (Å²) in [6.07, 6.45) is -2.89. The molecule has 1 aromatic carbocycles. The number of nitrogens with two attached hydrogens (primary N) is 1. The van der Waals surface area contributed by atoms with Gasteiger partial charge in [-0.25, -0.2) is 0 Å². The van der Waals surface area contributed by atoms with E-state index in [0.717, 1.165) is 23.4 Å². The predicted octanol–water partition coefficient (Wildman–Crippen LogP) is 3.47. The Morgan fingerprint density at radius 2 is 2.00 bits per heavy atom. The van der Waals surface area contributed by atoms with Crippen molar-refractivity contribution in [2.45, 2.75) is 13.1 Å². The summed E-state index contributed by atoms with van der Waals surface area (Å²) in [5.74, 6) is 0. The smallest absolute Gasteiger partial charge is 0.396 e. The number of fused-ring (bicyclic) bond motifs is 1. The first kappa shape index (κ1) is 12.6. The van der Waals surface area contributed by atoms with Gasteiger partial charge < -0.3 is 10.7 Å². The molecule has 0 atom stereocenters. The number of aromatic amines is 2. The number of hydrogen-bond donors (Lipinski definition) is 3. The number of aromatic nitrogens is 3. The highest BCUT2D eigenvalue weighted by Crippen LogP contribution is 2.37. The summed E-state index contributed by atoms with van der Waals surface area (Å²) in [7, 11) is 0. The molecular weight excluding hydrogens is 269 g/mol. The van der Waals surface area contributed by atoms with Crippen LogP contribution in [0.2, 0.25) is 0 Å². The van der Waals surface area contributed by atoms with Crippen LogP contribution in [0.1, 0.15) is 11.3 Å². The number of halogens is 3. The Morgan fingerprint density at radius 3 is 2.60 bits per heavy atom. The Labute approximate surface area is 111 Å². The molecule has 0 saturated carbocycles. The molecule has 2 aromatic heterocycles. The minimum Gasteiger partial charge on any atom is -0.396 e. The average molecular weight is 280 g/mol. The van der Waals surface area contributed by atoms with Crippen molar-refractivity contribution in [3.63, 3.8) is 0 Å². The van der Waals surface area contributed by atoms with Crippen molar-refractivity contribution in [2.75, 3.05) is 5.73 Å². The number of anilines is 1. The number of hydrogen-bond acceptors (Lipinski definition) is 2. The van der Waals surface area contributed by atoms with Crippen molar-refractivity contribution in [2.24, 2.45) is 0 Å². The second-order valence-electron chi connectivity index (χ2n) is 4.58. The predicted molar refractivity (Wildman–Crippen MR) is 70.0 cm³/mol. The summed E-state index contributed by atoms with van der Waals surface area (Å²) in [6, 6.07) is 3.60. The highest BCUT2D eigenvalue weighted by atomic mass is 19.4. The van der Waals surface area contributed by atoms with Crippen LogP contribution < -0.4 is 5.73 Å². The molecule has 0 amide bonds. The van der Waals surface area contributed by atoms with Gasteiger partial charge in [0.15, 0.2) is 0 Å². The number of nitrogens with one attached hydrogen (secondary N) is 2. The van der Waals surface area contributed by atoms with E-state index in [4.69, 9.17) is 5.73 Å². The van der Waals surface area contributed by atoms with Crippen molar-refractivity contribution in [1.82, 2.24) is 15.2 Å². The molecule has 3 rings (SSSR count). The molecule has 0 unspecified atom stereocenters. The number of H-pyrrole nitrogens is 2. The molecule has 7 heteroatoms. The van der Waals surface area contributed by atoms with E-state index in [2.05, 4.69) is 15.2 Å². The molecule has 3 aromatic rings. The molecule has 0 aliphatic rings. The maximum Gasteiger partial charge on any atom is 0.416 e. The van der Waals surface area contributed by atoms with Gasteiger partial charge in [0.2, 0.25) is 0 Å². The van der Waals surface area contributed by atoms with Crippen LogP contribution in [0.15, 0.2) is 24.4 Å². The molecular formula is C13H11F3N4. The SMILES string of the molecule is Cc1[nH]c2cc(C(F)(F)F)ccc2c1-c1[nH]ncc1N. The number of alkyl halides is 3. The van der Waals surface area contributed by atoms with Crippen LogP contribution in [-0.4, -0.2) is 15.2 Å². The van der Waals surface area contributed by atoms with Crippen LogP contribution in [0.25, 0.3) is 22.2 Å². The van der Waals surface area contributed by atoms with Gasteiger partial charge in [-0.2, -0.15) is 18.3 Å². The Bertz CT molecular complexity index is 783. The minimum atomic E-state index is -4.36. The van der Waals surface area contributed by atoms with Crippen molar-refractivity contribution in [3.05, 3.63) is 35.7 Å². The normalized spacial score (nSPS) is 12.2. The second kappa shape index (κ2) is 4.03. The van der Waals surface area contributed by atoms with Crippen molar-refractivity contribution in [3.8, 4) is 11.3 Å². The number of nitrogens with zero attached hydrogens (tertiary/aromatic N) is 1. The minimum absolute atomic E-state index is 0.418. The van der Waals surface area contributed by atoms with Gasteiger partial charge in [0.05, 0.1) is 23.1 Å². The first-order valence-electron chi connectivity index (χ1n) is 5.86. The highest BCUT2D eigenvalue weighted by molar-refractivity contribution is 5.99. The summed E-state index contributed by atoms with van der Waals surface area (Å²) >= 11 is 0. The van der Waals surface area contributed by atoms with E-state index in [9.17, 15) is 13.2 Å². The Kier molecular flexibility index (Phi) is 2.53. The van der Waals surface area contributed by atoms with Gasteiger partial charge in [0.1, 0.15) is 0 Å². The van der Waals surface area contributed by atoms with E-state index in [1.807, 2.05) is 0 Å². The Hall–Kier alpha value is -2.44. The summed E-state index contributed by atoms with van der Waals surface area (Å²) < 4.78 is 38.1. The lowest BCUT2D eigenvalue weighted by Gasteiger charge is -2.06. The third kappa shape index (κ3) is 1.82. The van der Waals surface area contributed by atoms with Crippen molar-refractivity contribution in [1.29, 1.82) is 0 Å². The van der Waals surface area contributed by atoms with Crippen LogP contribution in [-0.2, 0) is 6.18 Å². The topological polar surface area (TPSA) is 70.5 Å². The Balaban J connectivity index is 2.26. The molecule has 0 aliphatic carbocycles.